The largest absolute Gasteiger partial charge is 0.512 e. The molecule has 25 heavy (non-hydrogen) atoms. The van der Waals surface area contributed by atoms with E-state index < -0.39 is 7.37 Å². The molecule has 0 radical (unpaired) electrons. The number of halogens is 1. The first-order valence-electron chi connectivity index (χ1n) is 7.81. The molecule has 2 aliphatic heterocycles. The molecule has 0 spiro atoms. The minimum atomic E-state index is -3.10. The molecule has 0 aromatic rings. The van der Waals surface area contributed by atoms with E-state index in [0.717, 1.165) is 9.34 Å². The molecule has 2 aliphatic rings. The fourth-order valence-corrected chi connectivity index (χ4v) is 8.51. The molecule has 1 N–H and O–H groups in total. The maximum absolute atomic E-state index is 13.7. The van der Waals surface area contributed by atoms with Crippen LogP contribution in [-0.2, 0) is 9.09 Å². The molecule has 3 nitrogen and oxygen atoms in total. The van der Waals surface area contributed by atoms with Crippen molar-refractivity contribution in [2.24, 2.45) is 0 Å². The summed E-state index contributed by atoms with van der Waals surface area (Å²) in [7, 11) is -3.10. The lowest BCUT2D eigenvalue weighted by molar-refractivity contribution is 0.410. The van der Waals surface area contributed by atoms with Gasteiger partial charge in [-0.1, -0.05) is 70.3 Å². The third-order valence-electron chi connectivity index (χ3n) is 3.66. The molecule has 2 rings (SSSR count). The maximum atomic E-state index is 13.7. The van der Waals surface area contributed by atoms with E-state index in [2.05, 4.69) is 17.2 Å². The van der Waals surface area contributed by atoms with E-state index in [4.69, 9.17) is 4.52 Å². The van der Waals surface area contributed by atoms with Crippen LogP contribution in [0.4, 0.5) is 0 Å². The molecule has 5 heteroatoms. The topological polar surface area (TPSA) is 46.5 Å². The summed E-state index contributed by atoms with van der Waals surface area (Å²) in [6, 6.07) is 0. The van der Waals surface area contributed by atoms with Gasteiger partial charge in [0.25, 0.3) is 7.37 Å². The predicted octanol–water partition coefficient (Wildman–Crippen LogP) is 6.44. The second-order valence-electron chi connectivity index (χ2n) is 5.37. The highest BCUT2D eigenvalue weighted by atomic mass is 127. The highest BCUT2D eigenvalue weighted by molar-refractivity contribution is 14.2. The first-order valence-corrected chi connectivity index (χ1v) is 11.9. The Bertz CT molecular complexity index is 816. The molecule has 0 amide bonds. The lowest BCUT2D eigenvalue weighted by atomic mass is 10.0. The Balaban J connectivity index is 2.51. The first kappa shape index (κ1) is 19.7. The maximum Gasteiger partial charge on any atom is 0.282 e. The average Bonchev–Trinajstić information content (AvgIpc) is 2.94. The molecule has 0 aromatic heterocycles. The van der Waals surface area contributed by atoms with Crippen molar-refractivity contribution < 1.29 is 14.2 Å². The fourth-order valence-electron chi connectivity index (χ4n) is 2.59. The molecule has 0 aliphatic carbocycles. The van der Waals surface area contributed by atoms with E-state index in [9.17, 15) is 9.67 Å². The van der Waals surface area contributed by atoms with Crippen molar-refractivity contribution in [2.75, 3.05) is 6.16 Å². The summed E-state index contributed by atoms with van der Waals surface area (Å²) in [5.74, 6) is 0.891. The van der Waals surface area contributed by atoms with E-state index in [1.165, 1.54) is 0 Å². The Morgan fingerprint density at radius 3 is 2.72 bits per heavy atom. The Kier molecular flexibility index (Phi) is 6.79. The van der Waals surface area contributed by atoms with Crippen LogP contribution in [0.15, 0.2) is 93.3 Å². The molecular weight excluding hydrogens is 446 g/mol. The Labute approximate surface area is 159 Å². The van der Waals surface area contributed by atoms with Crippen LogP contribution in [0.1, 0.15) is 13.8 Å². The van der Waals surface area contributed by atoms with E-state index in [0.29, 0.717) is 22.6 Å². The van der Waals surface area contributed by atoms with Crippen LogP contribution < -0.4 is 0 Å². The molecule has 1 unspecified atom stereocenters. The van der Waals surface area contributed by atoms with Crippen molar-refractivity contribution in [1.82, 2.24) is 0 Å². The number of hydrogen-bond donors (Lipinski definition) is 1. The van der Waals surface area contributed by atoms with Gasteiger partial charge in [0.1, 0.15) is 5.76 Å². The zero-order chi connectivity index (χ0) is 18.4. The van der Waals surface area contributed by atoms with Crippen LogP contribution in [0, 0.1) is 0 Å². The minimum absolute atomic E-state index is 0.144. The highest BCUT2D eigenvalue weighted by Crippen LogP contribution is 2.66. The number of aliphatic hydroxyl groups is 1. The number of aliphatic hydroxyl groups excluding tert-OH is 1. The highest BCUT2D eigenvalue weighted by Gasteiger charge is 2.40. The van der Waals surface area contributed by atoms with Gasteiger partial charge in [0, 0.05) is 9.15 Å². The fraction of sp³-hybridized carbons (Fsp3) is 0.150. The molecule has 132 valence electrons. The van der Waals surface area contributed by atoms with Crippen molar-refractivity contribution in [3.05, 3.63) is 93.3 Å². The Hall–Kier alpha value is -1.65. The summed E-state index contributed by atoms with van der Waals surface area (Å²) in [5.41, 5.74) is 1.28. The second-order valence-corrected chi connectivity index (χ2v) is 10.3. The normalized spacial score (nSPS) is 24.6. The Morgan fingerprint density at radius 1 is 1.40 bits per heavy atom. The summed E-state index contributed by atoms with van der Waals surface area (Å²) in [4.78, 5) is 0. The van der Waals surface area contributed by atoms with Crippen LogP contribution in [0.3, 0.4) is 0 Å². The van der Waals surface area contributed by atoms with Crippen LogP contribution in [0.5, 0.6) is 0 Å². The van der Waals surface area contributed by atoms with E-state index >= 15 is 0 Å². The quantitative estimate of drug-likeness (QED) is 0.211. The lowest BCUT2D eigenvalue weighted by Gasteiger charge is -2.20. The van der Waals surface area contributed by atoms with Crippen molar-refractivity contribution in [3.8, 4) is 0 Å². The molecule has 0 bridgehead atoms. The molecule has 0 saturated carbocycles. The molecule has 0 fully saturated rings. The van der Waals surface area contributed by atoms with Crippen LogP contribution in [0.25, 0.3) is 0 Å². The smallest absolute Gasteiger partial charge is 0.282 e. The van der Waals surface area contributed by atoms with E-state index in [-0.39, 0.29) is 26.5 Å². The zero-order valence-corrected chi connectivity index (χ0v) is 17.5. The standard InChI is InChI=1S/C20H22IO3P/c1-5-8-11-17(15(4)22)16(7-3)20(10-6-2)25(23)14-18-19(24-25)12-9-13-21-18/h5-13,22H,1-2,14H2,3-4H3/b11-8-,16-7-,17-15-,20-10+. The predicted molar refractivity (Wildman–Crippen MR) is 117 cm³/mol. The average molecular weight is 468 g/mol. The lowest BCUT2D eigenvalue weighted by Crippen LogP contribution is -1.99. The van der Waals surface area contributed by atoms with Gasteiger partial charge < -0.3 is 9.63 Å². The van der Waals surface area contributed by atoms with Crippen molar-refractivity contribution in [3.63, 3.8) is 0 Å². The van der Waals surface area contributed by atoms with Gasteiger partial charge in [0.05, 0.1) is 17.2 Å². The summed E-state index contributed by atoms with van der Waals surface area (Å²) < 4.78 is 22.9. The van der Waals surface area contributed by atoms with Crippen molar-refractivity contribution in [2.45, 2.75) is 13.8 Å². The molecule has 0 aromatic carbocycles. The minimum Gasteiger partial charge on any atom is -0.512 e. The van der Waals surface area contributed by atoms with E-state index in [1.54, 1.807) is 37.3 Å². The van der Waals surface area contributed by atoms with Gasteiger partial charge in [-0.15, -0.1) is 0 Å². The van der Waals surface area contributed by atoms with Crippen LogP contribution in [0.2, 0.25) is 0 Å². The molecular formula is C20H22IO3P. The van der Waals surface area contributed by atoms with Crippen molar-refractivity contribution in [1.29, 1.82) is 0 Å². The third-order valence-corrected chi connectivity index (χ3v) is 9.05. The van der Waals surface area contributed by atoms with Crippen molar-refractivity contribution >= 4 is 32.1 Å². The third kappa shape index (κ3) is 4.31. The Morgan fingerprint density at radius 2 is 2.16 bits per heavy atom. The van der Waals surface area contributed by atoms with Gasteiger partial charge in [-0.2, -0.15) is 0 Å². The summed E-state index contributed by atoms with van der Waals surface area (Å²) in [6.45, 7) is 10.9. The number of rotatable bonds is 6. The van der Waals surface area contributed by atoms with Gasteiger partial charge in [0.15, 0.2) is 0 Å². The SMILES string of the molecule is C=C\C=C/C(C(=C/C)/C(=C\C=C)P1(=O)CC2=C(C=CC=I2)O1)=C(\C)O. The summed E-state index contributed by atoms with van der Waals surface area (Å²) in [5, 5.41) is 10.7. The summed E-state index contributed by atoms with van der Waals surface area (Å²) in [6.07, 6.45) is 14.6. The zero-order valence-electron chi connectivity index (χ0n) is 14.4. The van der Waals surface area contributed by atoms with Crippen LogP contribution >= 0.6 is 28.1 Å². The second kappa shape index (κ2) is 8.63. The van der Waals surface area contributed by atoms with E-state index in [1.807, 2.05) is 25.2 Å². The van der Waals surface area contributed by atoms with Gasteiger partial charge in [-0.05, 0) is 35.6 Å². The number of allylic oxidation sites excluding steroid dienone is 13. The van der Waals surface area contributed by atoms with Gasteiger partial charge in [0.2, 0.25) is 0 Å². The van der Waals surface area contributed by atoms with Gasteiger partial charge in [-0.3, -0.25) is 4.57 Å². The van der Waals surface area contributed by atoms with Crippen LogP contribution in [-0.4, -0.2) is 15.3 Å². The molecule has 1 atom stereocenters. The van der Waals surface area contributed by atoms with Gasteiger partial charge >= 0.3 is 0 Å². The molecule has 2 heterocycles. The monoisotopic (exact) mass is 468 g/mol. The number of hydrogen-bond acceptors (Lipinski definition) is 3. The molecule has 0 saturated heterocycles. The van der Waals surface area contributed by atoms with Gasteiger partial charge in [-0.25, -0.2) is 0 Å². The first-order chi connectivity index (χ1) is 12.0. The summed E-state index contributed by atoms with van der Waals surface area (Å²) >= 11 is -0.277.